The molecule has 0 bridgehead atoms. The third-order valence-electron chi connectivity index (χ3n) is 5.89. The average Bonchev–Trinajstić information content (AvgIpc) is 3.04. The first kappa shape index (κ1) is 19.9. The largest absolute Gasteiger partial charge is 1.00 e. The fraction of sp³-hybridized carbons (Fsp3) is 0.273. The Kier molecular flexibility index (Phi) is 5.60. The third kappa shape index (κ3) is 2.69. The molecule has 1 nitrogen and oxygen atoms in total. The van der Waals surface area contributed by atoms with E-state index in [0.717, 1.165) is 11.7 Å². The second-order valence-corrected chi connectivity index (χ2v) is 8.63. The van der Waals surface area contributed by atoms with Gasteiger partial charge in [0.05, 0.1) is 0 Å². The van der Waals surface area contributed by atoms with Crippen LogP contribution in [0, 0.1) is 5.92 Å². The Morgan fingerprint density at radius 3 is 2.42 bits per heavy atom. The predicted octanol–water partition coefficient (Wildman–Crippen LogP) is -0.643. The van der Waals surface area contributed by atoms with Gasteiger partial charge in [0, 0.05) is 0 Å². The summed E-state index contributed by atoms with van der Waals surface area (Å²) in [4.78, 5) is 0. The van der Waals surface area contributed by atoms with Crippen molar-refractivity contribution in [1.29, 1.82) is 0 Å². The Bertz CT molecular complexity index is 945. The molecule has 0 N–H and O–H groups in total. The van der Waals surface area contributed by atoms with Crippen LogP contribution < -0.4 is 29.6 Å². The fourth-order valence-corrected chi connectivity index (χ4v) is 6.27. The standard InChI is InChI=1S/C22H19O.2ClH.Zr/c1-13-11-20-15(13)9-10-19(20)22-18-6-4-3-5-16(18)17-8-7-14(23-2)12-21(17)22;;;/h3-8,12-13,22H,10-11H2,1-2H3;2*1H;/q;;;+2/p-2. The summed E-state index contributed by atoms with van der Waals surface area (Å²) in [6.07, 6.45) is 2.45. The molecule has 1 fully saturated rings. The van der Waals surface area contributed by atoms with Crippen molar-refractivity contribution >= 4 is 0 Å². The molecule has 0 radical (unpaired) electrons. The van der Waals surface area contributed by atoms with Crippen LogP contribution in [0.15, 0.2) is 62.5 Å². The first-order valence-corrected chi connectivity index (χ1v) is 9.86. The molecule has 2 unspecified atom stereocenters. The van der Waals surface area contributed by atoms with Gasteiger partial charge in [-0.3, -0.25) is 0 Å². The van der Waals surface area contributed by atoms with Crippen LogP contribution in [0.4, 0.5) is 0 Å². The van der Waals surface area contributed by atoms with Gasteiger partial charge in [0.25, 0.3) is 0 Å². The molecule has 0 heterocycles. The van der Waals surface area contributed by atoms with E-state index in [-0.39, 0.29) is 24.8 Å². The van der Waals surface area contributed by atoms with E-state index >= 15 is 0 Å². The van der Waals surface area contributed by atoms with Gasteiger partial charge in [-0.25, -0.2) is 0 Å². The summed E-state index contributed by atoms with van der Waals surface area (Å²) >= 11 is 1.60. The maximum atomic E-state index is 5.53. The summed E-state index contributed by atoms with van der Waals surface area (Å²) in [6.45, 7) is 2.38. The van der Waals surface area contributed by atoms with E-state index in [2.05, 4.69) is 49.4 Å². The summed E-state index contributed by atoms with van der Waals surface area (Å²) in [6, 6.07) is 15.5. The van der Waals surface area contributed by atoms with Crippen molar-refractivity contribution < 1.29 is 54.3 Å². The van der Waals surface area contributed by atoms with Crippen LogP contribution >= 0.6 is 0 Å². The zero-order valence-electron chi connectivity index (χ0n) is 14.8. The van der Waals surface area contributed by atoms with Crippen LogP contribution in [-0.2, 0) is 24.7 Å². The second kappa shape index (κ2) is 7.30. The number of rotatable bonds is 2. The SMILES string of the molecule is COc1ccc2c(c1)C(C1=C3CC(C)C3=[C]([Zr+2])C1)c1ccccc1-2.[Cl-].[Cl-]. The molecule has 0 aromatic heterocycles. The van der Waals surface area contributed by atoms with Gasteiger partial charge in [0.2, 0.25) is 0 Å². The number of ether oxygens (including phenoxy) is 1. The number of methoxy groups -OCH3 is 1. The number of benzene rings is 2. The Morgan fingerprint density at radius 2 is 1.73 bits per heavy atom. The Hall–Kier alpha value is -0.817. The van der Waals surface area contributed by atoms with E-state index in [1.165, 1.54) is 35.1 Å². The van der Waals surface area contributed by atoms with Crippen molar-refractivity contribution in [3.8, 4) is 16.9 Å². The molecule has 1 saturated carbocycles. The van der Waals surface area contributed by atoms with Gasteiger partial charge in [-0.1, -0.05) is 0 Å². The zero-order valence-corrected chi connectivity index (χ0v) is 18.7. The molecule has 2 aromatic carbocycles. The summed E-state index contributed by atoms with van der Waals surface area (Å²) in [7, 11) is 1.76. The molecule has 131 valence electrons. The maximum Gasteiger partial charge on any atom is -1.00 e. The molecule has 0 saturated heterocycles. The number of hydrogen-bond acceptors (Lipinski definition) is 1. The first-order chi connectivity index (χ1) is 11.7. The van der Waals surface area contributed by atoms with Crippen molar-refractivity contribution in [3.63, 3.8) is 0 Å². The Balaban J connectivity index is 0.000000980. The number of allylic oxidation sites excluding steroid dienone is 4. The van der Waals surface area contributed by atoms with Crippen molar-refractivity contribution in [2.75, 3.05) is 7.11 Å². The third-order valence-corrected chi connectivity index (χ3v) is 6.98. The second-order valence-electron chi connectivity index (χ2n) is 7.15. The topological polar surface area (TPSA) is 9.23 Å². The van der Waals surface area contributed by atoms with E-state index in [0.29, 0.717) is 5.92 Å². The normalized spacial score (nSPS) is 22.0. The van der Waals surface area contributed by atoms with Crippen molar-refractivity contribution in [3.05, 3.63) is 73.6 Å². The summed E-state index contributed by atoms with van der Waals surface area (Å²) in [5.41, 5.74) is 10.7. The monoisotopic (exact) mass is 459 g/mol. The minimum absolute atomic E-state index is 0. The quantitative estimate of drug-likeness (QED) is 0.578. The summed E-state index contributed by atoms with van der Waals surface area (Å²) < 4.78 is 7.21. The molecular weight excluding hydrogens is 442 g/mol. The van der Waals surface area contributed by atoms with Crippen LogP contribution in [0.5, 0.6) is 5.75 Å². The van der Waals surface area contributed by atoms with Crippen LogP contribution in [0.3, 0.4) is 0 Å². The van der Waals surface area contributed by atoms with E-state index in [1.54, 1.807) is 51.8 Å². The average molecular weight is 462 g/mol. The van der Waals surface area contributed by atoms with Gasteiger partial charge in [-0.2, -0.15) is 0 Å². The minimum atomic E-state index is 0. The van der Waals surface area contributed by atoms with E-state index in [9.17, 15) is 0 Å². The molecule has 3 aliphatic carbocycles. The smallest absolute Gasteiger partial charge is 1.00 e. The molecule has 2 atom stereocenters. The van der Waals surface area contributed by atoms with Crippen LogP contribution in [-0.4, -0.2) is 7.11 Å². The van der Waals surface area contributed by atoms with Gasteiger partial charge in [-0.05, 0) is 0 Å². The molecular formula is C22H19Cl2OZr. The van der Waals surface area contributed by atoms with Crippen LogP contribution in [0.25, 0.3) is 11.1 Å². The number of fused-ring (bicyclic) bond motifs is 4. The van der Waals surface area contributed by atoms with Gasteiger partial charge < -0.3 is 24.8 Å². The van der Waals surface area contributed by atoms with E-state index in [4.69, 9.17) is 4.74 Å². The van der Waals surface area contributed by atoms with Gasteiger partial charge >= 0.3 is 159 Å². The van der Waals surface area contributed by atoms with Crippen LogP contribution in [0.2, 0.25) is 0 Å². The van der Waals surface area contributed by atoms with Gasteiger partial charge in [0.15, 0.2) is 0 Å². The molecule has 4 heteroatoms. The van der Waals surface area contributed by atoms with Gasteiger partial charge in [-0.15, -0.1) is 0 Å². The van der Waals surface area contributed by atoms with E-state index < -0.39 is 0 Å². The molecule has 0 spiro atoms. The molecule has 5 rings (SSSR count). The molecule has 26 heavy (non-hydrogen) atoms. The van der Waals surface area contributed by atoms with E-state index in [1.807, 2.05) is 0 Å². The zero-order chi connectivity index (χ0) is 16.4. The predicted molar refractivity (Wildman–Crippen MR) is 92.7 cm³/mol. The fourth-order valence-electron chi connectivity index (χ4n) is 4.83. The first-order valence-electron chi connectivity index (χ1n) is 8.63. The van der Waals surface area contributed by atoms with Gasteiger partial charge in [0.1, 0.15) is 0 Å². The summed E-state index contributed by atoms with van der Waals surface area (Å²) in [5, 5.41) is 0. The van der Waals surface area contributed by atoms with Crippen LogP contribution in [0.1, 0.15) is 36.8 Å². The van der Waals surface area contributed by atoms with Crippen molar-refractivity contribution in [2.45, 2.75) is 25.7 Å². The Morgan fingerprint density at radius 1 is 1.00 bits per heavy atom. The number of halogens is 2. The minimum Gasteiger partial charge on any atom is -1.00 e. The molecule has 2 aromatic rings. The molecule has 3 aliphatic rings. The molecule has 0 amide bonds. The van der Waals surface area contributed by atoms with Crippen molar-refractivity contribution in [2.24, 2.45) is 5.92 Å². The Labute approximate surface area is 182 Å². The summed E-state index contributed by atoms with van der Waals surface area (Å²) in [5.74, 6) is 2.16. The number of hydrogen-bond donors (Lipinski definition) is 0. The van der Waals surface area contributed by atoms with Crippen molar-refractivity contribution in [1.82, 2.24) is 0 Å². The maximum absolute atomic E-state index is 5.53. The molecule has 0 aliphatic heterocycles.